The number of nitrogens with zero attached hydrogens (tertiary/aromatic N) is 4. The minimum absolute atomic E-state index is 0.551. The highest BCUT2D eigenvalue weighted by molar-refractivity contribution is 5.31. The van der Waals surface area contributed by atoms with E-state index in [-0.39, 0.29) is 0 Å². The number of aryl methyl sites for hydroxylation is 1. The van der Waals surface area contributed by atoms with Crippen molar-refractivity contribution in [2.45, 2.75) is 13.3 Å². The van der Waals surface area contributed by atoms with E-state index in [0.717, 1.165) is 18.2 Å². The van der Waals surface area contributed by atoms with E-state index in [1.807, 2.05) is 23.6 Å². The van der Waals surface area contributed by atoms with Crippen molar-refractivity contribution in [2.24, 2.45) is 7.05 Å². The molecule has 0 fully saturated rings. The van der Waals surface area contributed by atoms with Crippen molar-refractivity contribution < 1.29 is 0 Å². The van der Waals surface area contributed by atoms with Gasteiger partial charge in [-0.1, -0.05) is 12.8 Å². The topological polar surface area (TPSA) is 34.0 Å². The van der Waals surface area contributed by atoms with Crippen LogP contribution in [0.5, 0.6) is 0 Å². The lowest BCUT2D eigenvalue weighted by Crippen LogP contribution is -2.21. The molecule has 0 radical (unpaired) electrons. The third-order valence-electron chi connectivity index (χ3n) is 1.93. The van der Waals surface area contributed by atoms with E-state index in [9.17, 15) is 0 Å². The molecule has 13 heavy (non-hydrogen) atoms. The van der Waals surface area contributed by atoms with Crippen LogP contribution in [-0.2, 0) is 13.5 Å². The molecule has 1 heterocycles. The molecule has 0 saturated heterocycles. The lowest BCUT2D eigenvalue weighted by molar-refractivity contribution is 0.789. The van der Waals surface area contributed by atoms with Crippen molar-refractivity contribution in [1.29, 1.82) is 0 Å². The SMILES string of the molecule is C#CCN(C)c1nnc(CC)n1C. The fraction of sp³-hybridized carbons (Fsp3) is 0.556. The summed E-state index contributed by atoms with van der Waals surface area (Å²) in [5, 5.41) is 8.09. The summed E-state index contributed by atoms with van der Waals surface area (Å²) in [5.74, 6) is 4.35. The first-order valence-corrected chi connectivity index (χ1v) is 4.23. The molecule has 0 N–H and O–H groups in total. The Hall–Kier alpha value is -1.50. The van der Waals surface area contributed by atoms with Gasteiger partial charge in [-0.05, 0) is 0 Å². The number of hydrogen-bond acceptors (Lipinski definition) is 3. The highest BCUT2D eigenvalue weighted by atomic mass is 15.4. The fourth-order valence-corrected chi connectivity index (χ4v) is 1.20. The van der Waals surface area contributed by atoms with Gasteiger partial charge in [-0.2, -0.15) is 0 Å². The summed E-state index contributed by atoms with van der Waals surface area (Å²) in [7, 11) is 3.85. The quantitative estimate of drug-likeness (QED) is 0.630. The zero-order chi connectivity index (χ0) is 9.84. The Balaban J connectivity index is 2.90. The predicted octanol–water partition coefficient (Wildman–Crippen LogP) is 0.447. The van der Waals surface area contributed by atoms with E-state index in [1.165, 1.54) is 0 Å². The van der Waals surface area contributed by atoms with Gasteiger partial charge in [0.15, 0.2) is 0 Å². The van der Waals surface area contributed by atoms with Crippen LogP contribution in [0, 0.1) is 12.3 Å². The van der Waals surface area contributed by atoms with E-state index in [1.54, 1.807) is 0 Å². The first-order chi connectivity index (χ1) is 6.20. The van der Waals surface area contributed by atoms with E-state index in [4.69, 9.17) is 6.42 Å². The molecule has 70 valence electrons. The molecule has 0 aliphatic rings. The van der Waals surface area contributed by atoms with Crippen molar-refractivity contribution in [3.05, 3.63) is 5.82 Å². The van der Waals surface area contributed by atoms with Gasteiger partial charge in [0.25, 0.3) is 0 Å². The van der Waals surface area contributed by atoms with Gasteiger partial charge in [0.1, 0.15) is 5.82 Å². The van der Waals surface area contributed by atoms with Crippen molar-refractivity contribution in [3.63, 3.8) is 0 Å². The molecule has 0 unspecified atom stereocenters. The lowest BCUT2D eigenvalue weighted by atomic mass is 10.4. The molecule has 1 aromatic rings. The molecule has 0 atom stereocenters. The van der Waals surface area contributed by atoms with E-state index in [0.29, 0.717) is 6.54 Å². The maximum absolute atomic E-state index is 5.21. The van der Waals surface area contributed by atoms with Crippen LogP contribution in [0.15, 0.2) is 0 Å². The minimum atomic E-state index is 0.551. The molecule has 0 amide bonds. The van der Waals surface area contributed by atoms with Gasteiger partial charge >= 0.3 is 0 Å². The Morgan fingerprint density at radius 1 is 1.54 bits per heavy atom. The van der Waals surface area contributed by atoms with Crippen molar-refractivity contribution in [2.75, 3.05) is 18.5 Å². The molecule has 0 bridgehead atoms. The fourth-order valence-electron chi connectivity index (χ4n) is 1.20. The third-order valence-corrected chi connectivity index (χ3v) is 1.93. The summed E-state index contributed by atoms with van der Waals surface area (Å²) in [6.07, 6.45) is 6.09. The second kappa shape index (κ2) is 3.94. The molecular weight excluding hydrogens is 164 g/mol. The zero-order valence-electron chi connectivity index (χ0n) is 8.28. The Kier molecular flexibility index (Phi) is 2.91. The van der Waals surface area contributed by atoms with Crippen molar-refractivity contribution in [1.82, 2.24) is 14.8 Å². The zero-order valence-corrected chi connectivity index (χ0v) is 8.28. The molecule has 1 rings (SSSR count). The van der Waals surface area contributed by atoms with Crippen molar-refractivity contribution >= 4 is 5.95 Å². The Labute approximate surface area is 78.6 Å². The summed E-state index contributed by atoms with van der Waals surface area (Å²) in [5.41, 5.74) is 0. The van der Waals surface area contributed by atoms with E-state index in [2.05, 4.69) is 23.0 Å². The van der Waals surface area contributed by atoms with Gasteiger partial charge in [-0.15, -0.1) is 16.6 Å². The molecule has 0 saturated carbocycles. The van der Waals surface area contributed by atoms with Gasteiger partial charge in [0, 0.05) is 20.5 Å². The second-order valence-corrected chi connectivity index (χ2v) is 2.89. The summed E-state index contributed by atoms with van der Waals surface area (Å²) >= 11 is 0. The average Bonchev–Trinajstić information content (AvgIpc) is 2.47. The number of hydrogen-bond donors (Lipinski definition) is 0. The van der Waals surface area contributed by atoms with Gasteiger partial charge in [0.2, 0.25) is 5.95 Å². The highest BCUT2D eigenvalue weighted by Crippen LogP contribution is 2.08. The van der Waals surface area contributed by atoms with Gasteiger partial charge in [-0.25, -0.2) is 0 Å². The normalized spacial score (nSPS) is 9.69. The smallest absolute Gasteiger partial charge is 0.227 e. The molecule has 0 aliphatic heterocycles. The largest absolute Gasteiger partial charge is 0.333 e. The number of anilines is 1. The van der Waals surface area contributed by atoms with Crippen LogP contribution in [0.4, 0.5) is 5.95 Å². The number of rotatable bonds is 3. The molecule has 0 spiro atoms. The summed E-state index contributed by atoms with van der Waals surface area (Å²) in [4.78, 5) is 1.90. The molecule has 0 aliphatic carbocycles. The van der Waals surface area contributed by atoms with Crippen LogP contribution in [0.2, 0.25) is 0 Å². The Morgan fingerprint density at radius 2 is 2.23 bits per heavy atom. The third kappa shape index (κ3) is 1.81. The Bertz CT molecular complexity index is 321. The highest BCUT2D eigenvalue weighted by Gasteiger charge is 2.09. The lowest BCUT2D eigenvalue weighted by Gasteiger charge is -2.13. The van der Waals surface area contributed by atoms with Gasteiger partial charge in [0.05, 0.1) is 6.54 Å². The summed E-state index contributed by atoms with van der Waals surface area (Å²) < 4.78 is 1.96. The second-order valence-electron chi connectivity index (χ2n) is 2.89. The summed E-state index contributed by atoms with van der Waals surface area (Å²) in [6, 6.07) is 0. The maximum Gasteiger partial charge on any atom is 0.227 e. The van der Waals surface area contributed by atoms with Crippen LogP contribution >= 0.6 is 0 Å². The standard InChI is InChI=1S/C9H14N4/c1-5-7-12(3)9-11-10-8(6-2)13(9)4/h1H,6-7H2,2-4H3. The van der Waals surface area contributed by atoms with Gasteiger partial charge < -0.3 is 9.47 Å². The number of terminal acetylenes is 1. The monoisotopic (exact) mass is 178 g/mol. The average molecular weight is 178 g/mol. The summed E-state index contributed by atoms with van der Waals surface area (Å²) in [6.45, 7) is 2.60. The minimum Gasteiger partial charge on any atom is -0.333 e. The van der Waals surface area contributed by atoms with E-state index >= 15 is 0 Å². The van der Waals surface area contributed by atoms with Crippen LogP contribution in [0.1, 0.15) is 12.7 Å². The molecular formula is C9H14N4. The first kappa shape index (κ1) is 9.59. The molecule has 0 aromatic carbocycles. The van der Waals surface area contributed by atoms with Crippen LogP contribution in [0.25, 0.3) is 0 Å². The van der Waals surface area contributed by atoms with Crippen LogP contribution in [0.3, 0.4) is 0 Å². The molecule has 4 heteroatoms. The maximum atomic E-state index is 5.21. The Morgan fingerprint density at radius 3 is 2.69 bits per heavy atom. The van der Waals surface area contributed by atoms with Crippen LogP contribution in [-0.4, -0.2) is 28.4 Å². The van der Waals surface area contributed by atoms with Crippen molar-refractivity contribution in [3.8, 4) is 12.3 Å². The van der Waals surface area contributed by atoms with Crippen LogP contribution < -0.4 is 4.90 Å². The predicted molar refractivity (Wildman–Crippen MR) is 52.5 cm³/mol. The van der Waals surface area contributed by atoms with E-state index < -0.39 is 0 Å². The molecule has 4 nitrogen and oxygen atoms in total. The molecule has 1 aromatic heterocycles. The van der Waals surface area contributed by atoms with Gasteiger partial charge in [-0.3, -0.25) is 0 Å². The first-order valence-electron chi connectivity index (χ1n) is 4.23. The number of aromatic nitrogens is 3.